The lowest BCUT2D eigenvalue weighted by Crippen LogP contribution is -2.45. The van der Waals surface area contributed by atoms with Crippen LogP contribution >= 0.6 is 0 Å². The van der Waals surface area contributed by atoms with Gasteiger partial charge in [0.25, 0.3) is 0 Å². The van der Waals surface area contributed by atoms with E-state index in [0.29, 0.717) is 13.2 Å². The molecule has 0 aromatic heterocycles. The Balaban J connectivity index is 2.13. The molecule has 2 rings (SSSR count). The highest BCUT2D eigenvalue weighted by Crippen LogP contribution is 2.48. The number of carboxylic acids is 1. The molecule has 0 radical (unpaired) electrons. The molecule has 0 aromatic carbocycles. The van der Waals surface area contributed by atoms with Gasteiger partial charge in [-0.1, -0.05) is 12.2 Å². The maximum absolute atomic E-state index is 12.6. The molecule has 6 nitrogen and oxygen atoms in total. The molecule has 2 unspecified atom stereocenters. The van der Waals surface area contributed by atoms with E-state index in [9.17, 15) is 14.7 Å². The highest BCUT2D eigenvalue weighted by Gasteiger charge is 2.52. The molecule has 2 aliphatic rings. The van der Waals surface area contributed by atoms with Gasteiger partial charge in [0.05, 0.1) is 25.0 Å². The number of hydrogen-bond donors (Lipinski definition) is 2. The lowest BCUT2D eigenvalue weighted by atomic mass is 9.82. The van der Waals surface area contributed by atoms with Crippen molar-refractivity contribution in [1.82, 2.24) is 4.90 Å². The molecule has 0 spiro atoms. The molecule has 4 atom stereocenters. The zero-order chi connectivity index (χ0) is 14.7. The average molecular weight is 283 g/mol. The standard InChI is InChI=1S/C14H21NO5/c1-20-7-5-15(4-6-16)13(17)11-9-2-3-10(8-9)12(11)14(18)19/h2-3,9-12,16H,4-8H2,1H3,(H,18,19)/t9?,10?,11-,12+/m0/s1. The number of amides is 1. The van der Waals surface area contributed by atoms with Crippen LogP contribution in [0.25, 0.3) is 0 Å². The summed E-state index contributed by atoms with van der Waals surface area (Å²) in [6, 6.07) is 0. The average Bonchev–Trinajstić information content (AvgIpc) is 3.02. The fourth-order valence-electron chi connectivity index (χ4n) is 3.36. The van der Waals surface area contributed by atoms with Crippen LogP contribution in [-0.4, -0.2) is 60.4 Å². The van der Waals surface area contributed by atoms with Crippen LogP contribution in [0.2, 0.25) is 0 Å². The van der Waals surface area contributed by atoms with E-state index in [2.05, 4.69) is 0 Å². The van der Waals surface area contributed by atoms with E-state index < -0.39 is 17.8 Å². The molecule has 0 aromatic rings. The summed E-state index contributed by atoms with van der Waals surface area (Å²) in [5.74, 6) is -2.26. The number of aliphatic carboxylic acids is 1. The molecule has 0 aliphatic heterocycles. The Labute approximate surface area is 118 Å². The Bertz CT molecular complexity index is 408. The van der Waals surface area contributed by atoms with Crippen LogP contribution in [0, 0.1) is 23.7 Å². The second-order valence-corrected chi connectivity index (χ2v) is 5.38. The Morgan fingerprint density at radius 3 is 2.45 bits per heavy atom. The second-order valence-electron chi connectivity index (χ2n) is 5.38. The number of carbonyl (C=O) groups excluding carboxylic acids is 1. The summed E-state index contributed by atoms with van der Waals surface area (Å²) in [6.07, 6.45) is 4.61. The number of aliphatic hydroxyl groups is 1. The van der Waals surface area contributed by atoms with Crippen molar-refractivity contribution in [2.45, 2.75) is 6.42 Å². The first-order chi connectivity index (χ1) is 9.60. The van der Waals surface area contributed by atoms with E-state index in [-0.39, 0.29) is 30.9 Å². The minimum Gasteiger partial charge on any atom is -0.481 e. The fraction of sp³-hybridized carbons (Fsp3) is 0.714. The monoisotopic (exact) mass is 283 g/mol. The van der Waals surface area contributed by atoms with Crippen molar-refractivity contribution in [3.63, 3.8) is 0 Å². The number of allylic oxidation sites excluding steroid dienone is 2. The van der Waals surface area contributed by atoms with E-state index >= 15 is 0 Å². The van der Waals surface area contributed by atoms with Gasteiger partial charge in [0.15, 0.2) is 0 Å². The van der Waals surface area contributed by atoms with Crippen LogP contribution in [0.1, 0.15) is 6.42 Å². The third-order valence-electron chi connectivity index (χ3n) is 4.28. The number of carbonyl (C=O) groups is 2. The number of nitrogens with zero attached hydrogens (tertiary/aromatic N) is 1. The topological polar surface area (TPSA) is 87.1 Å². The highest BCUT2D eigenvalue weighted by atomic mass is 16.5. The lowest BCUT2D eigenvalue weighted by molar-refractivity contribution is -0.151. The van der Waals surface area contributed by atoms with E-state index in [1.807, 2.05) is 12.2 Å². The summed E-state index contributed by atoms with van der Waals surface area (Å²) >= 11 is 0. The Hall–Kier alpha value is -1.40. The fourth-order valence-corrected chi connectivity index (χ4v) is 3.36. The Morgan fingerprint density at radius 2 is 1.90 bits per heavy atom. The van der Waals surface area contributed by atoms with Crippen molar-refractivity contribution >= 4 is 11.9 Å². The van der Waals surface area contributed by atoms with Crippen LogP contribution in [0.15, 0.2) is 12.2 Å². The summed E-state index contributed by atoms with van der Waals surface area (Å²) in [5.41, 5.74) is 0. The van der Waals surface area contributed by atoms with Crippen LogP contribution in [0.5, 0.6) is 0 Å². The van der Waals surface area contributed by atoms with Crippen molar-refractivity contribution < 1.29 is 24.5 Å². The third-order valence-corrected chi connectivity index (χ3v) is 4.28. The van der Waals surface area contributed by atoms with Gasteiger partial charge in [0.2, 0.25) is 5.91 Å². The molecule has 1 amide bonds. The van der Waals surface area contributed by atoms with Gasteiger partial charge < -0.3 is 19.8 Å². The molecule has 2 aliphatic carbocycles. The van der Waals surface area contributed by atoms with Crippen molar-refractivity contribution in [1.29, 1.82) is 0 Å². The predicted molar refractivity (Wildman–Crippen MR) is 70.9 cm³/mol. The van der Waals surface area contributed by atoms with Gasteiger partial charge in [-0.2, -0.15) is 0 Å². The Kier molecular flexibility index (Phi) is 4.77. The van der Waals surface area contributed by atoms with E-state index in [1.165, 1.54) is 4.90 Å². The SMILES string of the molecule is COCCN(CCO)C(=O)[C@H]1C2C=CC(C2)[C@H]1C(=O)O. The van der Waals surface area contributed by atoms with Gasteiger partial charge in [-0.3, -0.25) is 9.59 Å². The summed E-state index contributed by atoms with van der Waals surface area (Å²) in [7, 11) is 1.54. The second kappa shape index (κ2) is 6.37. The molecular formula is C14H21NO5. The number of methoxy groups -OCH3 is 1. The first kappa shape index (κ1) is 15.0. The molecular weight excluding hydrogens is 262 g/mol. The van der Waals surface area contributed by atoms with E-state index in [0.717, 1.165) is 6.42 Å². The molecule has 2 bridgehead atoms. The zero-order valence-electron chi connectivity index (χ0n) is 11.6. The van der Waals surface area contributed by atoms with Gasteiger partial charge >= 0.3 is 5.97 Å². The van der Waals surface area contributed by atoms with Crippen molar-refractivity contribution in [2.24, 2.45) is 23.7 Å². The highest BCUT2D eigenvalue weighted by molar-refractivity contribution is 5.87. The largest absolute Gasteiger partial charge is 0.481 e. The van der Waals surface area contributed by atoms with Gasteiger partial charge in [0, 0.05) is 20.2 Å². The summed E-state index contributed by atoms with van der Waals surface area (Å²) < 4.78 is 4.96. The quantitative estimate of drug-likeness (QED) is 0.641. The van der Waals surface area contributed by atoms with Crippen LogP contribution in [0.3, 0.4) is 0 Å². The number of ether oxygens (including phenoxy) is 1. The minimum absolute atomic E-state index is 0.0114. The molecule has 0 heterocycles. The number of fused-ring (bicyclic) bond motifs is 2. The van der Waals surface area contributed by atoms with Crippen molar-refractivity contribution in [2.75, 3.05) is 33.4 Å². The number of hydrogen-bond acceptors (Lipinski definition) is 4. The van der Waals surface area contributed by atoms with Crippen molar-refractivity contribution in [3.05, 3.63) is 12.2 Å². The van der Waals surface area contributed by atoms with Crippen LogP contribution in [0.4, 0.5) is 0 Å². The molecule has 112 valence electrons. The predicted octanol–water partition coefficient (Wildman–Crippen LogP) is -0.0234. The van der Waals surface area contributed by atoms with Crippen molar-refractivity contribution in [3.8, 4) is 0 Å². The first-order valence-corrected chi connectivity index (χ1v) is 6.89. The van der Waals surface area contributed by atoms with E-state index in [4.69, 9.17) is 9.84 Å². The van der Waals surface area contributed by atoms with Gasteiger partial charge in [0.1, 0.15) is 0 Å². The molecule has 1 fully saturated rings. The van der Waals surface area contributed by atoms with Gasteiger partial charge in [-0.15, -0.1) is 0 Å². The maximum atomic E-state index is 12.6. The summed E-state index contributed by atoms with van der Waals surface area (Å²) in [4.78, 5) is 25.5. The van der Waals surface area contributed by atoms with Gasteiger partial charge in [-0.05, 0) is 18.3 Å². The lowest BCUT2D eigenvalue weighted by Gasteiger charge is -2.30. The molecule has 0 saturated heterocycles. The number of rotatable bonds is 7. The normalized spacial score (nSPS) is 30.7. The Morgan fingerprint density at radius 1 is 1.25 bits per heavy atom. The van der Waals surface area contributed by atoms with Crippen LogP contribution < -0.4 is 0 Å². The summed E-state index contributed by atoms with van der Waals surface area (Å²) in [6.45, 7) is 0.829. The third kappa shape index (κ3) is 2.71. The minimum atomic E-state index is -0.907. The maximum Gasteiger partial charge on any atom is 0.307 e. The molecule has 1 saturated carbocycles. The first-order valence-electron chi connectivity index (χ1n) is 6.89. The molecule has 6 heteroatoms. The zero-order valence-corrected chi connectivity index (χ0v) is 11.6. The smallest absolute Gasteiger partial charge is 0.307 e. The summed E-state index contributed by atoms with van der Waals surface area (Å²) in [5, 5.41) is 18.4. The van der Waals surface area contributed by atoms with E-state index in [1.54, 1.807) is 7.11 Å². The number of aliphatic hydroxyl groups excluding tert-OH is 1. The van der Waals surface area contributed by atoms with Gasteiger partial charge in [-0.25, -0.2) is 0 Å². The molecule has 2 N–H and O–H groups in total. The molecule has 20 heavy (non-hydrogen) atoms. The number of carboxylic acid groups (broad SMARTS) is 1. The van der Waals surface area contributed by atoms with Crippen LogP contribution in [-0.2, 0) is 14.3 Å².